The van der Waals surface area contributed by atoms with Crippen LogP contribution in [0.2, 0.25) is 0 Å². The molecule has 2 aromatic carbocycles. The lowest BCUT2D eigenvalue weighted by Gasteiger charge is -2.21. The second-order valence-electron chi connectivity index (χ2n) is 7.09. The lowest BCUT2D eigenvalue weighted by molar-refractivity contribution is -0.110. The number of rotatable bonds is 13. The molecule has 1 N–H and O–H groups in total. The Kier molecular flexibility index (Phi) is 9.35. The number of carbonyl (C=O) groups is 1. The highest BCUT2D eigenvalue weighted by atomic mass is 16.5. The van der Waals surface area contributed by atoms with Crippen molar-refractivity contribution in [3.8, 4) is 11.5 Å². The summed E-state index contributed by atoms with van der Waals surface area (Å²) in [5.41, 5.74) is 2.20. The number of methoxy groups -OCH3 is 1. The number of benzene rings is 2. The lowest BCUT2D eigenvalue weighted by atomic mass is 9.96. The molecule has 0 radical (unpaired) electrons. The summed E-state index contributed by atoms with van der Waals surface area (Å²) >= 11 is 0. The summed E-state index contributed by atoms with van der Waals surface area (Å²) in [6.45, 7) is 5.88. The van der Waals surface area contributed by atoms with Gasteiger partial charge in [0, 0.05) is 26.2 Å². The van der Waals surface area contributed by atoms with E-state index in [0.717, 1.165) is 41.9 Å². The lowest BCUT2D eigenvalue weighted by Crippen LogP contribution is -2.34. The van der Waals surface area contributed by atoms with Crippen LogP contribution in [0, 0.1) is 5.92 Å². The zero-order valence-corrected chi connectivity index (χ0v) is 17.0. The molecule has 0 saturated carbocycles. The monoisotopic (exact) mass is 385 g/mol. The third-order valence-corrected chi connectivity index (χ3v) is 4.54. The smallest absolute Gasteiger partial charge is 0.207 e. The van der Waals surface area contributed by atoms with Crippen LogP contribution in [0.1, 0.15) is 31.4 Å². The Morgan fingerprint density at radius 2 is 1.75 bits per heavy atom. The Bertz CT molecular complexity index is 703. The van der Waals surface area contributed by atoms with Crippen LogP contribution in [0.15, 0.2) is 48.5 Å². The number of hydrogen-bond acceptors (Lipinski definition) is 4. The van der Waals surface area contributed by atoms with Crippen molar-refractivity contribution in [2.75, 3.05) is 20.3 Å². The second kappa shape index (κ2) is 12.0. The molecule has 2 aromatic rings. The fourth-order valence-electron chi connectivity index (χ4n) is 2.86. The molecular weight excluding hydrogens is 354 g/mol. The molecule has 0 aliphatic carbocycles. The van der Waals surface area contributed by atoms with Gasteiger partial charge in [-0.2, -0.15) is 0 Å². The van der Waals surface area contributed by atoms with Crippen LogP contribution in [0.5, 0.6) is 11.5 Å². The Balaban J connectivity index is 2.11. The van der Waals surface area contributed by atoms with Gasteiger partial charge in [0.25, 0.3) is 0 Å². The molecule has 0 bridgehead atoms. The van der Waals surface area contributed by atoms with Crippen molar-refractivity contribution in [3.05, 3.63) is 59.7 Å². The molecule has 5 nitrogen and oxygen atoms in total. The van der Waals surface area contributed by atoms with Crippen molar-refractivity contribution in [1.29, 1.82) is 0 Å². The molecule has 0 fully saturated rings. The van der Waals surface area contributed by atoms with Gasteiger partial charge in [0.1, 0.15) is 6.61 Å². The summed E-state index contributed by atoms with van der Waals surface area (Å²) in [6.07, 6.45) is 2.31. The minimum atomic E-state index is 0.0786. The number of carbonyl (C=O) groups excluding carboxylic acids is 1. The van der Waals surface area contributed by atoms with Crippen molar-refractivity contribution >= 4 is 6.41 Å². The van der Waals surface area contributed by atoms with Gasteiger partial charge in [0.05, 0.1) is 6.61 Å². The number of hydrogen-bond donors (Lipinski definition) is 1. The zero-order valence-electron chi connectivity index (χ0n) is 17.0. The first kappa shape index (κ1) is 21.8. The van der Waals surface area contributed by atoms with Crippen LogP contribution in [0.25, 0.3) is 0 Å². The Hall–Kier alpha value is -2.53. The molecule has 0 aromatic heterocycles. The van der Waals surface area contributed by atoms with Gasteiger partial charge in [0.2, 0.25) is 6.41 Å². The highest BCUT2D eigenvalue weighted by Crippen LogP contribution is 2.30. The Morgan fingerprint density at radius 1 is 0.964 bits per heavy atom. The summed E-state index contributed by atoms with van der Waals surface area (Å²) in [5.74, 6) is 1.78. The van der Waals surface area contributed by atoms with E-state index in [1.54, 1.807) is 7.11 Å². The summed E-state index contributed by atoms with van der Waals surface area (Å²) in [5, 5.41) is 2.90. The Labute approximate surface area is 168 Å². The maximum Gasteiger partial charge on any atom is 0.207 e. The van der Waals surface area contributed by atoms with Gasteiger partial charge >= 0.3 is 0 Å². The number of nitrogens with one attached hydrogen (secondary N) is 1. The highest BCUT2D eigenvalue weighted by molar-refractivity contribution is 5.47. The van der Waals surface area contributed by atoms with Crippen molar-refractivity contribution in [2.45, 2.75) is 39.3 Å². The third kappa shape index (κ3) is 7.24. The third-order valence-electron chi connectivity index (χ3n) is 4.54. The van der Waals surface area contributed by atoms with Gasteiger partial charge in [-0.25, -0.2) is 0 Å². The van der Waals surface area contributed by atoms with Crippen molar-refractivity contribution in [2.24, 2.45) is 5.92 Å². The van der Waals surface area contributed by atoms with Crippen molar-refractivity contribution in [3.63, 3.8) is 0 Å². The molecule has 0 spiro atoms. The minimum Gasteiger partial charge on any atom is -0.490 e. The summed E-state index contributed by atoms with van der Waals surface area (Å²) in [4.78, 5) is 10.9. The van der Waals surface area contributed by atoms with Gasteiger partial charge < -0.3 is 19.5 Å². The molecule has 0 aliphatic heterocycles. The van der Waals surface area contributed by atoms with Crippen LogP contribution >= 0.6 is 0 Å². The quantitative estimate of drug-likeness (QED) is 0.418. The van der Waals surface area contributed by atoms with E-state index >= 15 is 0 Å². The van der Waals surface area contributed by atoms with Gasteiger partial charge in [-0.05, 0) is 35.6 Å². The molecule has 0 saturated heterocycles. The molecule has 28 heavy (non-hydrogen) atoms. The van der Waals surface area contributed by atoms with E-state index in [9.17, 15) is 4.79 Å². The average Bonchev–Trinajstić information content (AvgIpc) is 2.71. The summed E-state index contributed by atoms with van der Waals surface area (Å²) < 4.78 is 17.1. The first-order valence-corrected chi connectivity index (χ1v) is 9.75. The van der Waals surface area contributed by atoms with Crippen LogP contribution in [-0.4, -0.2) is 32.8 Å². The van der Waals surface area contributed by atoms with E-state index in [2.05, 4.69) is 19.2 Å². The van der Waals surface area contributed by atoms with Crippen LogP contribution in [-0.2, 0) is 22.6 Å². The van der Waals surface area contributed by atoms with E-state index in [1.807, 2.05) is 48.5 Å². The molecule has 1 amide bonds. The SMILES string of the molecule is COCCCOc1cc(CC(NC=O)C(C)C)ccc1OCc1ccccc1. The molecule has 0 heterocycles. The molecular formula is C23H31NO4. The fourth-order valence-corrected chi connectivity index (χ4v) is 2.86. The van der Waals surface area contributed by atoms with Crippen LogP contribution in [0.4, 0.5) is 0 Å². The molecule has 0 aliphatic rings. The normalized spacial score (nSPS) is 11.9. The van der Waals surface area contributed by atoms with Crippen molar-refractivity contribution < 1.29 is 19.0 Å². The van der Waals surface area contributed by atoms with Gasteiger partial charge in [0.15, 0.2) is 11.5 Å². The highest BCUT2D eigenvalue weighted by Gasteiger charge is 2.15. The molecule has 1 unspecified atom stereocenters. The maximum absolute atomic E-state index is 10.9. The predicted octanol–water partition coefficient (Wildman–Crippen LogP) is 3.99. The number of amides is 1. The average molecular weight is 386 g/mol. The minimum absolute atomic E-state index is 0.0786. The summed E-state index contributed by atoms with van der Waals surface area (Å²) in [6, 6.07) is 16.1. The largest absolute Gasteiger partial charge is 0.490 e. The van der Waals surface area contributed by atoms with Gasteiger partial charge in [-0.1, -0.05) is 50.2 Å². The summed E-state index contributed by atoms with van der Waals surface area (Å²) in [7, 11) is 1.68. The standard InChI is InChI=1S/C23H31NO4/c1-18(2)21(24-17-25)14-20-10-11-22(23(15-20)27-13-7-12-26-3)28-16-19-8-5-4-6-9-19/h4-6,8-11,15,17-18,21H,7,12-14,16H2,1-3H3,(H,24,25). The first-order chi connectivity index (χ1) is 13.6. The van der Waals surface area contributed by atoms with E-state index < -0.39 is 0 Å². The van der Waals surface area contributed by atoms with Gasteiger partial charge in [-0.3, -0.25) is 4.79 Å². The van der Waals surface area contributed by atoms with Gasteiger partial charge in [-0.15, -0.1) is 0 Å². The van der Waals surface area contributed by atoms with Crippen molar-refractivity contribution in [1.82, 2.24) is 5.32 Å². The maximum atomic E-state index is 10.9. The van der Waals surface area contributed by atoms with E-state index in [4.69, 9.17) is 14.2 Å². The number of ether oxygens (including phenoxy) is 3. The second-order valence-corrected chi connectivity index (χ2v) is 7.09. The van der Waals surface area contributed by atoms with Crippen LogP contribution in [0.3, 0.4) is 0 Å². The molecule has 5 heteroatoms. The first-order valence-electron chi connectivity index (χ1n) is 9.75. The fraction of sp³-hybridized carbons (Fsp3) is 0.435. The molecule has 152 valence electrons. The van der Waals surface area contributed by atoms with E-state index in [1.165, 1.54) is 0 Å². The zero-order chi connectivity index (χ0) is 20.2. The molecule has 1 atom stereocenters. The van der Waals surface area contributed by atoms with Crippen LogP contribution < -0.4 is 14.8 Å². The van der Waals surface area contributed by atoms with E-state index in [-0.39, 0.29) is 6.04 Å². The van der Waals surface area contributed by atoms with E-state index in [0.29, 0.717) is 25.7 Å². The Morgan fingerprint density at radius 3 is 2.43 bits per heavy atom. The predicted molar refractivity (Wildman–Crippen MR) is 111 cm³/mol. The topological polar surface area (TPSA) is 56.8 Å². The molecule has 2 rings (SSSR count).